The molecule has 2 unspecified atom stereocenters. The number of benzene rings is 3. The predicted molar refractivity (Wildman–Crippen MR) is 148 cm³/mol. The van der Waals surface area contributed by atoms with Gasteiger partial charge in [0.05, 0.1) is 4.90 Å². The van der Waals surface area contributed by atoms with Gasteiger partial charge in [-0.2, -0.15) is 0 Å². The fourth-order valence-corrected chi connectivity index (χ4v) is 6.30. The molecule has 0 heterocycles. The molecule has 0 aliphatic heterocycles. The van der Waals surface area contributed by atoms with Crippen molar-refractivity contribution in [2.24, 2.45) is 11.8 Å². The average Bonchev–Trinajstić information content (AvgIpc) is 2.89. The van der Waals surface area contributed by atoms with Crippen molar-refractivity contribution in [3.05, 3.63) is 125 Å². The van der Waals surface area contributed by atoms with Crippen molar-refractivity contribution in [2.75, 3.05) is 0 Å². The first-order chi connectivity index (χ1) is 17.4. The number of aryl methyl sites for hydroxylation is 1. The number of phenolic OH excluding ortho intramolecular Hbond substituents is 1. The van der Waals surface area contributed by atoms with Crippen molar-refractivity contribution in [3.63, 3.8) is 0 Å². The van der Waals surface area contributed by atoms with Gasteiger partial charge in [0, 0.05) is 22.8 Å². The molecule has 0 spiro atoms. The molecule has 4 heteroatoms. The highest BCUT2D eigenvalue weighted by atomic mass is 32.2. The lowest BCUT2D eigenvalue weighted by atomic mass is 9.73. The molecule has 36 heavy (non-hydrogen) atoms. The summed E-state index contributed by atoms with van der Waals surface area (Å²) >= 11 is 0. The van der Waals surface area contributed by atoms with Crippen LogP contribution >= 0.6 is 0 Å². The zero-order chi connectivity index (χ0) is 25.3. The van der Waals surface area contributed by atoms with Crippen molar-refractivity contribution in [1.29, 1.82) is 0 Å². The van der Waals surface area contributed by atoms with E-state index in [1.165, 1.54) is 5.41 Å². The highest BCUT2D eigenvalue weighted by molar-refractivity contribution is 7.94. The molecule has 0 saturated heterocycles. The maximum absolute atomic E-state index is 13.2. The molecule has 182 valence electrons. The third-order valence-corrected chi connectivity index (χ3v) is 8.57. The molecule has 0 radical (unpaired) electrons. The summed E-state index contributed by atoms with van der Waals surface area (Å²) in [7, 11) is -3.59. The zero-order valence-corrected chi connectivity index (χ0v) is 21.4. The first-order valence-corrected chi connectivity index (χ1v) is 13.9. The Morgan fingerprint density at radius 2 is 1.75 bits per heavy atom. The third kappa shape index (κ3) is 4.49. The van der Waals surface area contributed by atoms with Crippen LogP contribution in [0.1, 0.15) is 31.4 Å². The molecule has 0 aromatic heterocycles. The van der Waals surface area contributed by atoms with E-state index in [1.807, 2.05) is 54.6 Å². The van der Waals surface area contributed by atoms with Crippen LogP contribution in [0.25, 0.3) is 16.3 Å². The second-order valence-electron chi connectivity index (χ2n) is 9.46. The summed E-state index contributed by atoms with van der Waals surface area (Å²) in [4.78, 5) is 0.302. The predicted octanol–water partition coefficient (Wildman–Crippen LogP) is 7.56. The van der Waals surface area contributed by atoms with Gasteiger partial charge >= 0.3 is 0 Å². The van der Waals surface area contributed by atoms with Gasteiger partial charge in [-0.15, -0.1) is 0 Å². The zero-order valence-electron chi connectivity index (χ0n) is 20.6. The molecule has 0 saturated carbocycles. The van der Waals surface area contributed by atoms with E-state index in [0.717, 1.165) is 51.5 Å². The summed E-state index contributed by atoms with van der Waals surface area (Å²) in [6, 6.07) is 18.8. The molecule has 2 atom stereocenters. The van der Waals surface area contributed by atoms with Crippen LogP contribution in [-0.2, 0) is 16.3 Å². The van der Waals surface area contributed by atoms with E-state index in [0.29, 0.717) is 4.90 Å². The summed E-state index contributed by atoms with van der Waals surface area (Å²) in [5.74, 6) is 0.0814. The molecule has 0 fully saturated rings. The Hall–Kier alpha value is -3.63. The summed E-state index contributed by atoms with van der Waals surface area (Å²) in [5, 5.41) is 14.3. The first-order valence-electron chi connectivity index (χ1n) is 12.4. The third-order valence-electron chi connectivity index (χ3n) is 7.12. The van der Waals surface area contributed by atoms with Crippen LogP contribution in [0.3, 0.4) is 0 Å². The smallest absolute Gasteiger partial charge is 0.199 e. The molecular weight excluding hydrogens is 464 g/mol. The van der Waals surface area contributed by atoms with E-state index in [1.54, 1.807) is 24.3 Å². The maximum atomic E-state index is 13.2. The van der Waals surface area contributed by atoms with Crippen LogP contribution in [0.2, 0.25) is 0 Å². The number of hydrogen-bond donors (Lipinski definition) is 1. The van der Waals surface area contributed by atoms with Gasteiger partial charge in [0.15, 0.2) is 9.84 Å². The topological polar surface area (TPSA) is 54.4 Å². The Balaban J connectivity index is 1.58. The molecule has 0 bridgehead atoms. The number of phenols is 1. The van der Waals surface area contributed by atoms with Crippen molar-refractivity contribution < 1.29 is 13.5 Å². The normalized spacial score (nSPS) is 19.7. The average molecular weight is 495 g/mol. The van der Waals surface area contributed by atoms with Crippen molar-refractivity contribution in [3.8, 4) is 5.75 Å². The number of aromatic hydroxyl groups is 1. The van der Waals surface area contributed by atoms with Crippen LogP contribution in [0.4, 0.5) is 0 Å². The summed E-state index contributed by atoms with van der Waals surface area (Å²) in [6.45, 7) is 4.18. The van der Waals surface area contributed by atoms with E-state index in [-0.39, 0.29) is 17.6 Å². The Labute approximate surface area is 213 Å². The second kappa shape index (κ2) is 9.79. The largest absolute Gasteiger partial charge is 0.507 e. The van der Waals surface area contributed by atoms with Gasteiger partial charge < -0.3 is 5.11 Å². The fraction of sp³-hybridized carbons (Fsp3) is 0.188. The second-order valence-corrected chi connectivity index (χ2v) is 11.3. The quantitative estimate of drug-likeness (QED) is 0.385. The van der Waals surface area contributed by atoms with E-state index < -0.39 is 9.84 Å². The van der Waals surface area contributed by atoms with Crippen LogP contribution in [0.5, 0.6) is 5.75 Å². The van der Waals surface area contributed by atoms with Gasteiger partial charge in [-0.25, -0.2) is 8.42 Å². The Bertz CT molecular complexity index is 1570. The molecule has 2 aliphatic rings. The minimum Gasteiger partial charge on any atom is -0.507 e. The Morgan fingerprint density at radius 3 is 2.53 bits per heavy atom. The van der Waals surface area contributed by atoms with Crippen molar-refractivity contribution in [1.82, 2.24) is 0 Å². The fourth-order valence-electron chi connectivity index (χ4n) is 5.24. The molecule has 3 aromatic rings. The number of fused-ring (bicyclic) bond motifs is 2. The lowest BCUT2D eigenvalue weighted by Gasteiger charge is -2.31. The van der Waals surface area contributed by atoms with Gasteiger partial charge in [-0.3, -0.25) is 0 Å². The Kier molecular flexibility index (Phi) is 6.55. The summed E-state index contributed by atoms with van der Waals surface area (Å²) < 4.78 is 26.3. The first kappa shape index (κ1) is 24.1. The van der Waals surface area contributed by atoms with Gasteiger partial charge in [0.1, 0.15) is 5.75 Å². The highest BCUT2D eigenvalue weighted by Crippen LogP contribution is 2.45. The van der Waals surface area contributed by atoms with E-state index in [4.69, 9.17) is 0 Å². The minimum atomic E-state index is -3.59. The van der Waals surface area contributed by atoms with Crippen LogP contribution in [-0.4, -0.2) is 13.5 Å². The number of sulfone groups is 1. The Morgan fingerprint density at radius 1 is 0.972 bits per heavy atom. The summed E-state index contributed by atoms with van der Waals surface area (Å²) in [5.41, 5.74) is 5.09. The van der Waals surface area contributed by atoms with Crippen LogP contribution in [0.15, 0.2) is 119 Å². The van der Waals surface area contributed by atoms with Gasteiger partial charge in [-0.05, 0) is 64.6 Å². The highest BCUT2D eigenvalue weighted by Gasteiger charge is 2.29. The van der Waals surface area contributed by atoms with Gasteiger partial charge in [0.25, 0.3) is 0 Å². The van der Waals surface area contributed by atoms with Crippen LogP contribution in [0, 0.1) is 11.8 Å². The van der Waals surface area contributed by atoms with E-state index in [9.17, 15) is 13.5 Å². The number of rotatable bonds is 6. The summed E-state index contributed by atoms with van der Waals surface area (Å²) in [6.07, 6.45) is 14.1. The minimum absolute atomic E-state index is 0.0363. The van der Waals surface area contributed by atoms with E-state index >= 15 is 0 Å². The number of hydrogen-bond acceptors (Lipinski definition) is 3. The SMILES string of the molecule is CCCc1ccc(S(=O)(=O)C=CC2C=C(c3c(O)ccc4ccccc34)C(C)=C3C=CC=CC32)cc1. The number of allylic oxidation sites excluding steroid dienone is 9. The molecule has 3 aromatic carbocycles. The molecule has 3 nitrogen and oxygen atoms in total. The van der Waals surface area contributed by atoms with E-state index in [2.05, 4.69) is 32.1 Å². The molecule has 5 rings (SSSR count). The molecule has 2 aliphatic carbocycles. The van der Waals surface area contributed by atoms with Gasteiger partial charge in [-0.1, -0.05) is 92.3 Å². The standard InChI is InChI=1S/C32H30O3S/c1-3-8-23-13-16-26(17-14-23)36(34,35)20-19-25-21-30(22(2)27-10-6-7-11-28(25)27)32-29-12-5-4-9-24(29)15-18-31(32)33/h4-7,9-21,25,28,33H,3,8H2,1-2H3. The lowest BCUT2D eigenvalue weighted by Crippen LogP contribution is -2.19. The molecular formula is C32H30O3S. The molecule has 1 N–H and O–H groups in total. The monoisotopic (exact) mass is 494 g/mol. The molecule has 0 amide bonds. The maximum Gasteiger partial charge on any atom is 0.199 e. The van der Waals surface area contributed by atoms with Crippen molar-refractivity contribution >= 4 is 26.2 Å². The lowest BCUT2D eigenvalue weighted by molar-refractivity contribution is 0.474. The van der Waals surface area contributed by atoms with Crippen LogP contribution < -0.4 is 0 Å². The van der Waals surface area contributed by atoms with Crippen molar-refractivity contribution in [2.45, 2.75) is 31.6 Å². The van der Waals surface area contributed by atoms with Gasteiger partial charge in [0.2, 0.25) is 0 Å².